The number of piperidine rings is 1. The number of carbonyl (C=O) groups excluding carboxylic acids is 1. The fourth-order valence-electron chi connectivity index (χ4n) is 4.41. The number of likely N-dealkylation sites (tertiary alicyclic amines) is 1. The first kappa shape index (κ1) is 16.7. The molecule has 1 atom stereocenters. The molecule has 1 amide bonds. The maximum Gasteiger partial charge on any atom is 0.254 e. The zero-order chi connectivity index (χ0) is 16.3. The molecule has 2 heterocycles. The topological polar surface area (TPSA) is 61.8 Å². The second kappa shape index (κ2) is 4.67. The van der Waals surface area contributed by atoms with Crippen LogP contribution in [0, 0.1) is 0 Å². The fraction of sp³-hybridized carbons (Fsp3) is 0.938. The van der Waals surface area contributed by atoms with Gasteiger partial charge in [-0.05, 0) is 48.5 Å². The molecule has 2 N–H and O–H groups in total. The molecule has 1 spiro atoms. The summed E-state index contributed by atoms with van der Waals surface area (Å²) in [4.78, 5) is 14.9. The third kappa shape index (κ3) is 2.96. The van der Waals surface area contributed by atoms with E-state index in [0.717, 1.165) is 0 Å². The first-order chi connectivity index (χ1) is 9.30. The van der Waals surface area contributed by atoms with Gasteiger partial charge in [0.25, 0.3) is 5.91 Å². The predicted molar refractivity (Wildman–Crippen MR) is 81.8 cm³/mol. The van der Waals surface area contributed by atoms with Crippen molar-refractivity contribution in [2.24, 2.45) is 0 Å². The average Bonchev–Trinajstić information content (AvgIpc) is 2.40. The highest BCUT2D eigenvalue weighted by molar-refractivity contribution is 5.88. The zero-order valence-electron chi connectivity index (χ0n) is 14.4. The van der Waals surface area contributed by atoms with Crippen LogP contribution in [0.4, 0.5) is 0 Å². The molecular weight excluding hydrogens is 268 g/mol. The van der Waals surface area contributed by atoms with E-state index in [4.69, 9.17) is 4.74 Å². The van der Waals surface area contributed by atoms with Crippen LogP contribution in [0.2, 0.25) is 0 Å². The Morgan fingerprint density at radius 3 is 2.00 bits per heavy atom. The summed E-state index contributed by atoms with van der Waals surface area (Å²) in [6, 6.07) is 0. The summed E-state index contributed by atoms with van der Waals surface area (Å²) in [5.41, 5.74) is -1.84. The summed E-state index contributed by atoms with van der Waals surface area (Å²) in [6.45, 7) is 14.7. The predicted octanol–water partition coefficient (Wildman–Crippen LogP) is 1.64. The van der Waals surface area contributed by atoms with Gasteiger partial charge in [0.2, 0.25) is 0 Å². The van der Waals surface area contributed by atoms with Crippen molar-refractivity contribution < 1.29 is 14.6 Å². The summed E-state index contributed by atoms with van der Waals surface area (Å²) >= 11 is 0. The quantitative estimate of drug-likeness (QED) is 0.813. The molecule has 0 aliphatic carbocycles. The van der Waals surface area contributed by atoms with Gasteiger partial charge in [-0.3, -0.25) is 9.69 Å². The number of hydrogen-bond acceptors (Lipinski definition) is 4. The number of β-amino-alcohol motifs (C(OH)–C–C–N with tert-alkyl or cyclic N) is 1. The molecule has 5 nitrogen and oxygen atoms in total. The number of aliphatic hydroxyl groups is 1. The van der Waals surface area contributed by atoms with Crippen LogP contribution in [0.25, 0.3) is 0 Å². The summed E-state index contributed by atoms with van der Waals surface area (Å²) in [5.74, 6) is -0.00894. The molecule has 5 heteroatoms. The number of carbonyl (C=O) groups is 1. The Bertz CT molecular complexity index is 423. The van der Waals surface area contributed by atoms with E-state index in [9.17, 15) is 9.90 Å². The highest BCUT2D eigenvalue weighted by Crippen LogP contribution is 2.48. The van der Waals surface area contributed by atoms with Gasteiger partial charge in [-0.2, -0.15) is 0 Å². The lowest BCUT2D eigenvalue weighted by molar-refractivity contribution is -0.184. The molecule has 122 valence electrons. The number of nitrogens with one attached hydrogen (secondary N) is 1. The second-order valence-corrected chi connectivity index (χ2v) is 8.50. The van der Waals surface area contributed by atoms with Gasteiger partial charge < -0.3 is 15.2 Å². The van der Waals surface area contributed by atoms with Crippen LogP contribution in [0.5, 0.6) is 0 Å². The van der Waals surface area contributed by atoms with Gasteiger partial charge in [0.15, 0.2) is 5.60 Å². The third-order valence-corrected chi connectivity index (χ3v) is 4.62. The summed E-state index contributed by atoms with van der Waals surface area (Å²) < 4.78 is 6.16. The van der Waals surface area contributed by atoms with Crippen molar-refractivity contribution in [1.29, 1.82) is 0 Å². The molecule has 21 heavy (non-hydrogen) atoms. The number of aliphatic hydroxyl groups excluding tert-OH is 1. The molecule has 2 aliphatic heterocycles. The van der Waals surface area contributed by atoms with Crippen molar-refractivity contribution in [2.75, 3.05) is 6.54 Å². The number of amides is 1. The largest absolute Gasteiger partial charge is 0.392 e. The minimum atomic E-state index is -0.772. The highest BCUT2D eigenvalue weighted by atomic mass is 16.6. The van der Waals surface area contributed by atoms with Crippen LogP contribution in [-0.4, -0.2) is 51.0 Å². The van der Waals surface area contributed by atoms with Crippen LogP contribution in [0.15, 0.2) is 0 Å². The molecule has 1 unspecified atom stereocenters. The molecular formula is C16H30N2O3. The van der Waals surface area contributed by atoms with Crippen LogP contribution in [0.1, 0.15) is 61.3 Å². The van der Waals surface area contributed by atoms with Gasteiger partial charge in [0, 0.05) is 30.5 Å². The van der Waals surface area contributed by atoms with E-state index in [1.54, 1.807) is 6.92 Å². The van der Waals surface area contributed by atoms with E-state index in [1.165, 1.54) is 0 Å². The van der Waals surface area contributed by atoms with Crippen molar-refractivity contribution in [2.45, 2.75) is 89.8 Å². The number of nitrogens with zero attached hydrogens (tertiary/aromatic N) is 1. The minimum Gasteiger partial charge on any atom is -0.392 e. The number of ether oxygens (including phenoxy) is 1. The Morgan fingerprint density at radius 1 is 1.19 bits per heavy atom. The summed E-state index contributed by atoms with van der Waals surface area (Å²) in [6.07, 6.45) is 0.865. The highest BCUT2D eigenvalue weighted by Gasteiger charge is 2.61. The minimum absolute atomic E-state index is 0.00894. The molecule has 2 rings (SSSR count). The standard InChI is InChI=1S/C16H30N2O3/c1-11(19)8-18-13(2,3)9-16(10-14(18,4)5)12(20)17-15(6,7)21-16/h11,19H,8-10H2,1-7H3,(H,17,20). The molecule has 0 aromatic rings. The molecule has 0 aromatic carbocycles. The molecule has 0 bridgehead atoms. The van der Waals surface area contributed by atoms with Gasteiger partial charge in [0.1, 0.15) is 5.72 Å². The van der Waals surface area contributed by atoms with Gasteiger partial charge >= 0.3 is 0 Å². The Kier molecular flexibility index (Phi) is 3.72. The molecule has 0 aromatic heterocycles. The number of rotatable bonds is 2. The van der Waals surface area contributed by atoms with E-state index in [-0.39, 0.29) is 17.0 Å². The summed E-state index contributed by atoms with van der Waals surface area (Å²) in [7, 11) is 0. The van der Waals surface area contributed by atoms with Crippen molar-refractivity contribution >= 4 is 5.91 Å². The van der Waals surface area contributed by atoms with Gasteiger partial charge in [-0.1, -0.05) is 0 Å². The maximum atomic E-state index is 12.6. The summed E-state index contributed by atoms with van der Waals surface area (Å²) in [5, 5.41) is 12.8. The van der Waals surface area contributed by atoms with Crippen LogP contribution < -0.4 is 5.32 Å². The van der Waals surface area contributed by atoms with Gasteiger partial charge in [0.05, 0.1) is 6.10 Å². The van der Waals surface area contributed by atoms with E-state index < -0.39 is 17.4 Å². The van der Waals surface area contributed by atoms with Crippen molar-refractivity contribution in [3.8, 4) is 0 Å². The molecule has 2 fully saturated rings. The van der Waals surface area contributed by atoms with Crippen LogP contribution >= 0.6 is 0 Å². The fourth-order valence-corrected chi connectivity index (χ4v) is 4.41. The van der Waals surface area contributed by atoms with Gasteiger partial charge in [-0.25, -0.2) is 0 Å². The SMILES string of the molecule is CC(O)CN1C(C)(C)CC2(CC1(C)C)OC(C)(C)NC2=O. The zero-order valence-corrected chi connectivity index (χ0v) is 14.4. The average molecular weight is 298 g/mol. The van der Waals surface area contributed by atoms with Crippen LogP contribution in [0.3, 0.4) is 0 Å². The van der Waals surface area contributed by atoms with Crippen molar-refractivity contribution in [1.82, 2.24) is 10.2 Å². The van der Waals surface area contributed by atoms with Crippen molar-refractivity contribution in [3.05, 3.63) is 0 Å². The molecule has 2 aliphatic rings. The second-order valence-electron chi connectivity index (χ2n) is 8.50. The lowest BCUT2D eigenvalue weighted by atomic mass is 9.70. The van der Waals surface area contributed by atoms with E-state index >= 15 is 0 Å². The molecule has 0 radical (unpaired) electrons. The van der Waals surface area contributed by atoms with E-state index in [0.29, 0.717) is 19.4 Å². The normalized spacial score (nSPS) is 31.1. The van der Waals surface area contributed by atoms with Crippen LogP contribution in [-0.2, 0) is 9.53 Å². The smallest absolute Gasteiger partial charge is 0.254 e. The van der Waals surface area contributed by atoms with E-state index in [1.807, 2.05) is 13.8 Å². The van der Waals surface area contributed by atoms with E-state index in [2.05, 4.69) is 37.9 Å². The van der Waals surface area contributed by atoms with Crippen molar-refractivity contribution in [3.63, 3.8) is 0 Å². The monoisotopic (exact) mass is 298 g/mol. The Morgan fingerprint density at radius 2 is 1.67 bits per heavy atom. The Hall–Kier alpha value is -0.650. The molecule has 2 saturated heterocycles. The Labute approximate surface area is 128 Å². The third-order valence-electron chi connectivity index (χ3n) is 4.62. The van der Waals surface area contributed by atoms with Gasteiger partial charge in [-0.15, -0.1) is 0 Å². The Balaban J connectivity index is 2.36. The number of hydrogen-bond donors (Lipinski definition) is 2. The lowest BCUT2D eigenvalue weighted by Crippen LogP contribution is -2.68. The molecule has 0 saturated carbocycles. The first-order valence-electron chi connectivity index (χ1n) is 7.78. The maximum absolute atomic E-state index is 12.6. The lowest BCUT2D eigenvalue weighted by Gasteiger charge is -2.58. The first-order valence-corrected chi connectivity index (χ1v) is 7.78.